The molecule has 0 unspecified atom stereocenters. The summed E-state index contributed by atoms with van der Waals surface area (Å²) in [7, 11) is 0. The molecule has 0 spiro atoms. The quantitative estimate of drug-likeness (QED) is 0.835. The number of hydrogen-bond donors (Lipinski definition) is 0. The SMILES string of the molecule is CCn1cc(CN2CCC(C#N)(SC)CC2)cn1. The second-order valence-electron chi connectivity index (χ2n) is 4.79. The molecule has 0 radical (unpaired) electrons. The Morgan fingerprint density at radius 1 is 1.50 bits per heavy atom. The summed E-state index contributed by atoms with van der Waals surface area (Å²) >= 11 is 1.71. The van der Waals surface area contributed by atoms with Crippen LogP contribution < -0.4 is 0 Å². The first-order valence-electron chi connectivity index (χ1n) is 6.41. The summed E-state index contributed by atoms with van der Waals surface area (Å²) in [5, 5.41) is 13.5. The summed E-state index contributed by atoms with van der Waals surface area (Å²) in [6.45, 7) is 5.98. The molecule has 1 aromatic rings. The molecule has 0 N–H and O–H groups in total. The molecule has 2 rings (SSSR count). The van der Waals surface area contributed by atoms with Crippen molar-refractivity contribution in [2.45, 2.75) is 37.6 Å². The number of likely N-dealkylation sites (tertiary alicyclic amines) is 1. The van der Waals surface area contributed by atoms with Crippen molar-refractivity contribution in [1.29, 1.82) is 5.26 Å². The van der Waals surface area contributed by atoms with Crippen molar-refractivity contribution in [1.82, 2.24) is 14.7 Å². The zero-order chi connectivity index (χ0) is 13.0. The first-order valence-corrected chi connectivity index (χ1v) is 7.64. The van der Waals surface area contributed by atoms with Crippen LogP contribution >= 0.6 is 11.8 Å². The second-order valence-corrected chi connectivity index (χ2v) is 5.98. The maximum Gasteiger partial charge on any atom is 0.104 e. The van der Waals surface area contributed by atoms with Gasteiger partial charge in [0, 0.05) is 37.9 Å². The molecular formula is C13H20N4S. The minimum absolute atomic E-state index is 0.149. The molecule has 2 heterocycles. The highest BCUT2D eigenvalue weighted by Crippen LogP contribution is 2.34. The summed E-state index contributed by atoms with van der Waals surface area (Å²) in [4.78, 5) is 2.42. The molecule has 1 fully saturated rings. The summed E-state index contributed by atoms with van der Waals surface area (Å²) in [6.07, 6.45) is 8.04. The van der Waals surface area contributed by atoms with Gasteiger partial charge < -0.3 is 0 Å². The van der Waals surface area contributed by atoms with Gasteiger partial charge in [0.25, 0.3) is 0 Å². The Morgan fingerprint density at radius 2 is 2.22 bits per heavy atom. The highest BCUT2D eigenvalue weighted by Gasteiger charge is 2.33. The predicted molar refractivity (Wildman–Crippen MR) is 74.3 cm³/mol. The third kappa shape index (κ3) is 2.88. The molecule has 1 aliphatic heterocycles. The van der Waals surface area contributed by atoms with Crippen LogP contribution in [0.25, 0.3) is 0 Å². The van der Waals surface area contributed by atoms with Gasteiger partial charge >= 0.3 is 0 Å². The van der Waals surface area contributed by atoms with Crippen LogP contribution in [0, 0.1) is 11.3 Å². The largest absolute Gasteiger partial charge is 0.299 e. The highest BCUT2D eigenvalue weighted by atomic mass is 32.2. The van der Waals surface area contributed by atoms with Crippen molar-refractivity contribution in [3.63, 3.8) is 0 Å². The van der Waals surface area contributed by atoms with Crippen LogP contribution in [0.2, 0.25) is 0 Å². The molecule has 1 aliphatic rings. The Morgan fingerprint density at radius 3 is 2.72 bits per heavy atom. The van der Waals surface area contributed by atoms with Crippen molar-refractivity contribution in [2.75, 3.05) is 19.3 Å². The van der Waals surface area contributed by atoms with E-state index in [0.717, 1.165) is 39.0 Å². The topological polar surface area (TPSA) is 44.9 Å². The molecule has 0 aromatic carbocycles. The van der Waals surface area contributed by atoms with E-state index >= 15 is 0 Å². The molecule has 5 heteroatoms. The van der Waals surface area contributed by atoms with E-state index < -0.39 is 0 Å². The Bertz CT molecular complexity index is 426. The number of aromatic nitrogens is 2. The van der Waals surface area contributed by atoms with E-state index in [4.69, 9.17) is 0 Å². The summed E-state index contributed by atoms with van der Waals surface area (Å²) in [6, 6.07) is 2.48. The van der Waals surface area contributed by atoms with Crippen LogP contribution in [0.5, 0.6) is 0 Å². The molecule has 0 atom stereocenters. The van der Waals surface area contributed by atoms with Crippen molar-refractivity contribution in [3.8, 4) is 6.07 Å². The van der Waals surface area contributed by atoms with Gasteiger partial charge in [0.05, 0.1) is 12.3 Å². The monoisotopic (exact) mass is 264 g/mol. The lowest BCUT2D eigenvalue weighted by molar-refractivity contribution is 0.209. The van der Waals surface area contributed by atoms with E-state index in [1.807, 2.05) is 17.1 Å². The van der Waals surface area contributed by atoms with Crippen molar-refractivity contribution in [3.05, 3.63) is 18.0 Å². The average molecular weight is 264 g/mol. The molecule has 0 aliphatic carbocycles. The van der Waals surface area contributed by atoms with Gasteiger partial charge in [-0.05, 0) is 26.0 Å². The fourth-order valence-corrected chi connectivity index (χ4v) is 3.04. The molecule has 98 valence electrons. The Kier molecular flexibility index (Phi) is 4.31. The molecule has 0 bridgehead atoms. The van der Waals surface area contributed by atoms with Gasteiger partial charge in [-0.1, -0.05) is 0 Å². The molecule has 18 heavy (non-hydrogen) atoms. The van der Waals surface area contributed by atoms with E-state index in [9.17, 15) is 5.26 Å². The van der Waals surface area contributed by atoms with E-state index in [-0.39, 0.29) is 4.75 Å². The average Bonchev–Trinajstić information content (AvgIpc) is 2.88. The molecule has 0 saturated carbocycles. The van der Waals surface area contributed by atoms with Crippen molar-refractivity contribution < 1.29 is 0 Å². The molecule has 1 aromatic heterocycles. The van der Waals surface area contributed by atoms with E-state index in [1.165, 1.54) is 5.56 Å². The Labute approximate surface area is 113 Å². The van der Waals surface area contributed by atoms with Crippen molar-refractivity contribution in [2.24, 2.45) is 0 Å². The third-order valence-electron chi connectivity index (χ3n) is 3.68. The van der Waals surface area contributed by atoms with E-state index in [0.29, 0.717) is 0 Å². The zero-order valence-electron chi connectivity index (χ0n) is 11.1. The number of hydrogen-bond acceptors (Lipinski definition) is 4. The minimum Gasteiger partial charge on any atom is -0.299 e. The lowest BCUT2D eigenvalue weighted by Gasteiger charge is -2.35. The number of thioether (sulfide) groups is 1. The van der Waals surface area contributed by atoms with Gasteiger partial charge in [-0.3, -0.25) is 9.58 Å². The second kappa shape index (κ2) is 5.77. The maximum atomic E-state index is 9.25. The van der Waals surface area contributed by atoms with Gasteiger partial charge in [-0.2, -0.15) is 10.4 Å². The molecule has 4 nitrogen and oxygen atoms in total. The van der Waals surface area contributed by atoms with E-state index in [1.54, 1.807) is 11.8 Å². The third-order valence-corrected chi connectivity index (χ3v) is 4.96. The molecule has 0 amide bonds. The van der Waals surface area contributed by atoms with Crippen LogP contribution in [-0.2, 0) is 13.1 Å². The van der Waals surface area contributed by atoms with Gasteiger partial charge in [0.2, 0.25) is 0 Å². The number of aryl methyl sites for hydroxylation is 1. The van der Waals surface area contributed by atoms with Crippen LogP contribution in [0.3, 0.4) is 0 Å². The zero-order valence-corrected chi connectivity index (χ0v) is 11.9. The molecule has 1 saturated heterocycles. The first kappa shape index (κ1) is 13.4. The lowest BCUT2D eigenvalue weighted by atomic mass is 9.97. The van der Waals surface area contributed by atoms with Crippen molar-refractivity contribution >= 4 is 11.8 Å². The number of piperidine rings is 1. The summed E-state index contributed by atoms with van der Waals surface area (Å²) in [5.74, 6) is 0. The Balaban J connectivity index is 1.89. The smallest absolute Gasteiger partial charge is 0.104 e. The molecular weight excluding hydrogens is 244 g/mol. The number of nitriles is 1. The van der Waals surface area contributed by atoms with Gasteiger partial charge in [0.15, 0.2) is 0 Å². The van der Waals surface area contributed by atoms with Crippen LogP contribution in [0.1, 0.15) is 25.3 Å². The van der Waals surface area contributed by atoms with Gasteiger partial charge in [-0.25, -0.2) is 0 Å². The summed E-state index contributed by atoms with van der Waals surface area (Å²) < 4.78 is 1.81. The van der Waals surface area contributed by atoms with Gasteiger partial charge in [-0.15, -0.1) is 11.8 Å². The van der Waals surface area contributed by atoms with Crippen LogP contribution in [-0.4, -0.2) is 38.8 Å². The Hall–Kier alpha value is -0.990. The van der Waals surface area contributed by atoms with Gasteiger partial charge in [0.1, 0.15) is 4.75 Å². The lowest BCUT2D eigenvalue weighted by Crippen LogP contribution is -2.41. The first-order chi connectivity index (χ1) is 8.71. The number of nitrogens with zero attached hydrogens (tertiary/aromatic N) is 4. The van der Waals surface area contributed by atoms with Crippen LogP contribution in [0.15, 0.2) is 12.4 Å². The minimum atomic E-state index is -0.149. The standard InChI is InChI=1S/C13H20N4S/c1-3-17-10-12(8-15-17)9-16-6-4-13(11-14,18-2)5-7-16/h8,10H,3-7,9H2,1-2H3. The van der Waals surface area contributed by atoms with E-state index in [2.05, 4.69) is 29.2 Å². The maximum absolute atomic E-state index is 9.25. The number of rotatable bonds is 4. The fourth-order valence-electron chi connectivity index (χ4n) is 2.35. The fraction of sp³-hybridized carbons (Fsp3) is 0.692. The predicted octanol–water partition coefficient (Wildman–Crippen LogP) is 2.12. The normalized spacial score (nSPS) is 19.6. The van der Waals surface area contributed by atoms with Crippen LogP contribution in [0.4, 0.5) is 0 Å². The highest BCUT2D eigenvalue weighted by molar-refractivity contribution is 8.00. The summed E-state index contributed by atoms with van der Waals surface area (Å²) in [5.41, 5.74) is 1.27.